The number of urea groups is 1. The van der Waals surface area contributed by atoms with Crippen LogP contribution in [0.1, 0.15) is 49.4 Å². The molecule has 1 fully saturated rings. The fourth-order valence-corrected chi connectivity index (χ4v) is 2.50. The van der Waals surface area contributed by atoms with Crippen LogP contribution in [0.5, 0.6) is 0 Å². The average molecular weight is 290 g/mol. The summed E-state index contributed by atoms with van der Waals surface area (Å²) in [5.41, 5.74) is 1.14. The van der Waals surface area contributed by atoms with E-state index in [0.717, 1.165) is 12.8 Å². The van der Waals surface area contributed by atoms with Gasteiger partial charge in [-0.25, -0.2) is 9.59 Å². The molecule has 0 atom stereocenters. The third-order valence-electron chi connectivity index (χ3n) is 3.59. The van der Waals surface area contributed by atoms with E-state index in [2.05, 4.69) is 10.6 Å². The Morgan fingerprint density at radius 1 is 1.14 bits per heavy atom. The highest BCUT2D eigenvalue weighted by molar-refractivity contribution is 5.92. The third-order valence-corrected chi connectivity index (χ3v) is 3.59. The summed E-state index contributed by atoms with van der Waals surface area (Å²) >= 11 is 0. The lowest BCUT2D eigenvalue weighted by atomic mass is 9.96. The van der Waals surface area contributed by atoms with Crippen molar-refractivity contribution in [2.45, 2.75) is 45.1 Å². The first-order valence-electron chi connectivity index (χ1n) is 7.53. The molecule has 2 amide bonds. The number of ether oxygens (including phenoxy) is 1. The van der Waals surface area contributed by atoms with Crippen LogP contribution in [0.15, 0.2) is 24.3 Å². The van der Waals surface area contributed by atoms with Gasteiger partial charge in [-0.1, -0.05) is 19.3 Å². The first-order valence-corrected chi connectivity index (χ1v) is 7.53. The van der Waals surface area contributed by atoms with Gasteiger partial charge >= 0.3 is 12.0 Å². The maximum Gasteiger partial charge on any atom is 0.338 e. The second kappa shape index (κ2) is 7.67. The van der Waals surface area contributed by atoms with Crippen LogP contribution >= 0.6 is 0 Å². The number of hydrogen-bond donors (Lipinski definition) is 2. The van der Waals surface area contributed by atoms with E-state index in [1.54, 1.807) is 31.2 Å². The van der Waals surface area contributed by atoms with Crippen molar-refractivity contribution < 1.29 is 14.3 Å². The molecule has 0 aliphatic heterocycles. The van der Waals surface area contributed by atoms with Gasteiger partial charge in [-0.05, 0) is 44.0 Å². The number of hydrogen-bond acceptors (Lipinski definition) is 3. The predicted molar refractivity (Wildman–Crippen MR) is 81.4 cm³/mol. The van der Waals surface area contributed by atoms with Crippen LogP contribution < -0.4 is 10.6 Å². The molecule has 5 nitrogen and oxygen atoms in total. The van der Waals surface area contributed by atoms with Gasteiger partial charge in [-0.2, -0.15) is 0 Å². The number of carbonyl (C=O) groups excluding carboxylic acids is 2. The molecule has 114 valence electrons. The Morgan fingerprint density at radius 2 is 1.81 bits per heavy atom. The third kappa shape index (κ3) is 4.77. The van der Waals surface area contributed by atoms with Crippen molar-refractivity contribution in [2.24, 2.45) is 0 Å². The SMILES string of the molecule is CCOC(=O)c1ccc(NC(=O)NC2CCCCC2)cc1. The summed E-state index contributed by atoms with van der Waals surface area (Å²) in [5, 5.41) is 5.77. The fraction of sp³-hybridized carbons (Fsp3) is 0.500. The van der Waals surface area contributed by atoms with E-state index in [1.807, 2.05) is 0 Å². The Balaban J connectivity index is 1.84. The van der Waals surface area contributed by atoms with Crippen LogP contribution in [-0.4, -0.2) is 24.6 Å². The summed E-state index contributed by atoms with van der Waals surface area (Å²) < 4.78 is 4.91. The first kappa shape index (κ1) is 15.4. The highest BCUT2D eigenvalue weighted by Gasteiger charge is 2.15. The second-order valence-corrected chi connectivity index (χ2v) is 5.23. The van der Waals surface area contributed by atoms with E-state index in [-0.39, 0.29) is 18.0 Å². The number of anilines is 1. The van der Waals surface area contributed by atoms with Gasteiger partial charge < -0.3 is 15.4 Å². The summed E-state index contributed by atoms with van der Waals surface area (Å²) in [6.07, 6.45) is 5.72. The summed E-state index contributed by atoms with van der Waals surface area (Å²) in [4.78, 5) is 23.4. The number of rotatable bonds is 4. The molecule has 1 saturated carbocycles. The average Bonchev–Trinajstić information content (AvgIpc) is 2.49. The van der Waals surface area contributed by atoms with Crippen molar-refractivity contribution in [1.82, 2.24) is 5.32 Å². The van der Waals surface area contributed by atoms with E-state index < -0.39 is 0 Å². The molecule has 21 heavy (non-hydrogen) atoms. The molecular weight excluding hydrogens is 268 g/mol. The summed E-state index contributed by atoms with van der Waals surface area (Å²) in [5.74, 6) is -0.351. The van der Waals surface area contributed by atoms with Gasteiger partial charge in [0.1, 0.15) is 0 Å². The van der Waals surface area contributed by atoms with Crippen LogP contribution in [0.2, 0.25) is 0 Å². The second-order valence-electron chi connectivity index (χ2n) is 5.23. The molecule has 1 aromatic rings. The molecule has 1 aliphatic carbocycles. The van der Waals surface area contributed by atoms with Gasteiger partial charge in [0.15, 0.2) is 0 Å². The minimum atomic E-state index is -0.351. The topological polar surface area (TPSA) is 67.4 Å². The number of nitrogens with one attached hydrogen (secondary N) is 2. The summed E-state index contributed by atoms with van der Waals surface area (Å²) in [6, 6.07) is 6.78. The van der Waals surface area contributed by atoms with E-state index in [0.29, 0.717) is 17.9 Å². The maximum atomic E-state index is 11.9. The Bertz CT molecular complexity index is 479. The van der Waals surface area contributed by atoms with Crippen molar-refractivity contribution in [3.8, 4) is 0 Å². The molecule has 5 heteroatoms. The Labute approximate surface area is 125 Å². The quantitative estimate of drug-likeness (QED) is 0.836. The minimum Gasteiger partial charge on any atom is -0.462 e. The highest BCUT2D eigenvalue weighted by atomic mass is 16.5. The molecule has 0 radical (unpaired) electrons. The molecule has 0 spiro atoms. The molecule has 1 aliphatic rings. The van der Waals surface area contributed by atoms with Gasteiger partial charge in [-0.3, -0.25) is 0 Å². The molecule has 0 unspecified atom stereocenters. The van der Waals surface area contributed by atoms with Crippen molar-refractivity contribution in [3.05, 3.63) is 29.8 Å². The normalized spacial score (nSPS) is 15.3. The number of amides is 2. The van der Waals surface area contributed by atoms with E-state index >= 15 is 0 Å². The molecule has 2 rings (SSSR count). The van der Waals surface area contributed by atoms with Crippen LogP contribution in [0.3, 0.4) is 0 Å². The van der Waals surface area contributed by atoms with Gasteiger partial charge in [-0.15, -0.1) is 0 Å². The zero-order chi connectivity index (χ0) is 15.1. The van der Waals surface area contributed by atoms with Crippen molar-refractivity contribution >= 4 is 17.7 Å². The summed E-state index contributed by atoms with van der Waals surface area (Å²) in [7, 11) is 0. The molecule has 0 heterocycles. The van der Waals surface area contributed by atoms with Gasteiger partial charge in [0.25, 0.3) is 0 Å². The lowest BCUT2D eigenvalue weighted by molar-refractivity contribution is 0.0526. The van der Waals surface area contributed by atoms with Gasteiger partial charge in [0.2, 0.25) is 0 Å². The van der Waals surface area contributed by atoms with Crippen LogP contribution in [0, 0.1) is 0 Å². The van der Waals surface area contributed by atoms with Crippen molar-refractivity contribution in [2.75, 3.05) is 11.9 Å². The number of benzene rings is 1. The molecule has 0 bridgehead atoms. The lowest BCUT2D eigenvalue weighted by Gasteiger charge is -2.22. The Hall–Kier alpha value is -2.04. The van der Waals surface area contributed by atoms with Crippen molar-refractivity contribution in [1.29, 1.82) is 0 Å². The van der Waals surface area contributed by atoms with E-state index in [1.165, 1.54) is 19.3 Å². The van der Waals surface area contributed by atoms with Crippen LogP contribution in [-0.2, 0) is 4.74 Å². The monoisotopic (exact) mass is 290 g/mol. The minimum absolute atomic E-state index is 0.189. The van der Waals surface area contributed by atoms with Gasteiger partial charge in [0.05, 0.1) is 12.2 Å². The number of esters is 1. The summed E-state index contributed by atoms with van der Waals surface area (Å²) in [6.45, 7) is 2.12. The van der Waals surface area contributed by atoms with E-state index in [9.17, 15) is 9.59 Å². The molecule has 0 saturated heterocycles. The molecule has 0 aromatic heterocycles. The first-order chi connectivity index (χ1) is 10.2. The number of carbonyl (C=O) groups is 2. The Morgan fingerprint density at radius 3 is 2.43 bits per heavy atom. The highest BCUT2D eigenvalue weighted by Crippen LogP contribution is 2.17. The van der Waals surface area contributed by atoms with Crippen LogP contribution in [0.25, 0.3) is 0 Å². The fourth-order valence-electron chi connectivity index (χ4n) is 2.50. The van der Waals surface area contributed by atoms with Gasteiger partial charge in [0, 0.05) is 11.7 Å². The molecule has 2 N–H and O–H groups in total. The van der Waals surface area contributed by atoms with Crippen molar-refractivity contribution in [3.63, 3.8) is 0 Å². The molecular formula is C16H22N2O3. The maximum absolute atomic E-state index is 11.9. The largest absolute Gasteiger partial charge is 0.462 e. The molecule has 1 aromatic carbocycles. The van der Waals surface area contributed by atoms with E-state index in [4.69, 9.17) is 4.74 Å². The standard InChI is InChI=1S/C16H22N2O3/c1-2-21-15(19)12-8-10-14(11-9-12)18-16(20)17-13-6-4-3-5-7-13/h8-11,13H,2-7H2,1H3,(H2,17,18,20). The van der Waals surface area contributed by atoms with Crippen LogP contribution in [0.4, 0.5) is 10.5 Å². The smallest absolute Gasteiger partial charge is 0.338 e. The zero-order valence-corrected chi connectivity index (χ0v) is 12.4. The lowest BCUT2D eigenvalue weighted by Crippen LogP contribution is -2.39. The predicted octanol–water partition coefficient (Wildman–Crippen LogP) is 3.32. The zero-order valence-electron chi connectivity index (χ0n) is 12.4. The Kier molecular flexibility index (Phi) is 5.60.